The first-order valence-electron chi connectivity index (χ1n) is 11.9. The summed E-state index contributed by atoms with van der Waals surface area (Å²) >= 11 is 0. The second-order valence-corrected chi connectivity index (χ2v) is 8.73. The molecule has 0 aliphatic carbocycles. The van der Waals surface area contributed by atoms with Gasteiger partial charge >= 0.3 is 0 Å². The average molecular weight is 423 g/mol. The number of rotatable bonds is 8. The Bertz CT molecular complexity index is 852. The van der Waals surface area contributed by atoms with Crippen molar-refractivity contribution < 1.29 is 4.79 Å². The molecule has 2 aromatic rings. The largest absolute Gasteiger partial charge is 0.354 e. The molecule has 1 saturated heterocycles. The lowest BCUT2D eigenvalue weighted by molar-refractivity contribution is -0.135. The number of amides is 1. The molecule has 1 atom stereocenters. The Morgan fingerprint density at radius 2 is 1.81 bits per heavy atom. The van der Waals surface area contributed by atoms with E-state index in [1.165, 1.54) is 11.1 Å². The first kappa shape index (κ1) is 23.2. The Morgan fingerprint density at radius 1 is 1.03 bits per heavy atom. The highest BCUT2D eigenvalue weighted by Crippen LogP contribution is 2.26. The molecule has 1 aliphatic heterocycles. The van der Waals surface area contributed by atoms with E-state index in [-0.39, 0.29) is 5.92 Å². The van der Waals surface area contributed by atoms with Crippen molar-refractivity contribution in [1.82, 2.24) is 14.9 Å². The molecule has 3 rings (SSSR count). The lowest BCUT2D eigenvalue weighted by Crippen LogP contribution is -2.39. The van der Waals surface area contributed by atoms with Crippen LogP contribution in [-0.4, -0.2) is 47.0 Å². The Hall–Kier alpha value is -2.43. The summed E-state index contributed by atoms with van der Waals surface area (Å²) in [7, 11) is 0. The summed E-state index contributed by atoms with van der Waals surface area (Å²) in [6, 6.07) is 10.5. The molecule has 1 aliphatic rings. The number of carbonyl (C=O) groups excluding carboxylic acids is 1. The van der Waals surface area contributed by atoms with E-state index in [1.807, 2.05) is 13.0 Å². The molecular formula is C26H38N4O. The highest BCUT2D eigenvalue weighted by molar-refractivity contribution is 5.79. The fourth-order valence-corrected chi connectivity index (χ4v) is 4.55. The van der Waals surface area contributed by atoms with E-state index < -0.39 is 0 Å². The van der Waals surface area contributed by atoms with Crippen LogP contribution in [0.2, 0.25) is 0 Å². The quantitative estimate of drug-likeness (QED) is 0.605. The minimum Gasteiger partial charge on any atom is -0.354 e. The maximum Gasteiger partial charge on any atom is 0.225 e. The number of aromatic nitrogens is 2. The summed E-state index contributed by atoms with van der Waals surface area (Å²) in [5.74, 6) is 2.37. The Kier molecular flexibility index (Phi) is 8.44. The fourth-order valence-electron chi connectivity index (χ4n) is 4.55. The molecule has 168 valence electrons. The summed E-state index contributed by atoms with van der Waals surface area (Å²) in [4.78, 5) is 27.1. The summed E-state index contributed by atoms with van der Waals surface area (Å²) < 4.78 is 0. The van der Waals surface area contributed by atoms with Crippen LogP contribution in [0.1, 0.15) is 68.6 Å². The highest BCUT2D eigenvalue weighted by Gasteiger charge is 2.26. The molecule has 1 aromatic carbocycles. The molecule has 1 amide bonds. The Labute approximate surface area is 187 Å². The number of anilines is 1. The molecule has 0 spiro atoms. The van der Waals surface area contributed by atoms with Crippen LogP contribution in [0.4, 0.5) is 5.82 Å². The van der Waals surface area contributed by atoms with Crippen LogP contribution in [-0.2, 0) is 11.2 Å². The molecule has 1 aromatic heterocycles. The standard InChI is InChI=1S/C26H38N4O/c1-5-7-14-23(6-2)26(31)30-16-11-15-29(17-18-30)25-24(20(3)27-21(4)28-25)19-22-12-9-8-10-13-22/h8-10,12-13,23H,5-7,11,14-19H2,1-4H3. The zero-order valence-corrected chi connectivity index (χ0v) is 19.7. The van der Waals surface area contributed by atoms with Crippen molar-refractivity contribution >= 4 is 11.7 Å². The summed E-state index contributed by atoms with van der Waals surface area (Å²) in [6.07, 6.45) is 6.03. The second kappa shape index (κ2) is 11.3. The van der Waals surface area contributed by atoms with Gasteiger partial charge in [0.25, 0.3) is 0 Å². The first-order chi connectivity index (χ1) is 15.0. The van der Waals surface area contributed by atoms with Crippen molar-refractivity contribution in [2.75, 3.05) is 31.1 Å². The van der Waals surface area contributed by atoms with Crippen molar-refractivity contribution in [3.63, 3.8) is 0 Å². The van der Waals surface area contributed by atoms with E-state index in [4.69, 9.17) is 4.98 Å². The maximum absolute atomic E-state index is 13.1. The van der Waals surface area contributed by atoms with Crippen LogP contribution in [0.5, 0.6) is 0 Å². The second-order valence-electron chi connectivity index (χ2n) is 8.73. The van der Waals surface area contributed by atoms with E-state index in [1.54, 1.807) is 0 Å². The van der Waals surface area contributed by atoms with Crippen LogP contribution in [0, 0.1) is 19.8 Å². The average Bonchev–Trinajstić information content (AvgIpc) is 3.03. The van der Waals surface area contributed by atoms with Gasteiger partial charge in [-0.2, -0.15) is 0 Å². The number of aryl methyl sites for hydroxylation is 2. The fraction of sp³-hybridized carbons (Fsp3) is 0.577. The molecule has 0 radical (unpaired) electrons. The maximum atomic E-state index is 13.1. The number of hydrogen-bond acceptors (Lipinski definition) is 4. The van der Waals surface area contributed by atoms with Crippen LogP contribution in [0.15, 0.2) is 30.3 Å². The van der Waals surface area contributed by atoms with E-state index in [0.29, 0.717) is 5.91 Å². The highest BCUT2D eigenvalue weighted by atomic mass is 16.2. The van der Waals surface area contributed by atoms with E-state index >= 15 is 0 Å². The monoisotopic (exact) mass is 422 g/mol. The lowest BCUT2D eigenvalue weighted by Gasteiger charge is -2.27. The van der Waals surface area contributed by atoms with Gasteiger partial charge in [0.15, 0.2) is 0 Å². The van der Waals surface area contributed by atoms with Gasteiger partial charge in [0.2, 0.25) is 5.91 Å². The van der Waals surface area contributed by atoms with Gasteiger partial charge in [-0.1, -0.05) is 57.0 Å². The van der Waals surface area contributed by atoms with E-state index in [2.05, 4.69) is 59.8 Å². The smallest absolute Gasteiger partial charge is 0.225 e. The molecule has 1 fully saturated rings. The predicted molar refractivity (Wildman–Crippen MR) is 127 cm³/mol. The van der Waals surface area contributed by atoms with Crippen molar-refractivity contribution in [2.24, 2.45) is 5.92 Å². The van der Waals surface area contributed by atoms with Crippen molar-refractivity contribution in [1.29, 1.82) is 0 Å². The third kappa shape index (κ3) is 6.05. The number of carbonyl (C=O) groups is 1. The molecule has 1 unspecified atom stereocenters. The summed E-state index contributed by atoms with van der Waals surface area (Å²) in [6.45, 7) is 11.8. The SMILES string of the molecule is CCCCC(CC)C(=O)N1CCCN(c2nc(C)nc(C)c2Cc2ccccc2)CC1. The van der Waals surface area contributed by atoms with Gasteiger partial charge in [-0.3, -0.25) is 4.79 Å². The first-order valence-corrected chi connectivity index (χ1v) is 11.9. The van der Waals surface area contributed by atoms with Gasteiger partial charge in [0.1, 0.15) is 11.6 Å². The van der Waals surface area contributed by atoms with E-state index in [9.17, 15) is 4.79 Å². The molecule has 5 heteroatoms. The summed E-state index contributed by atoms with van der Waals surface area (Å²) in [5.41, 5.74) is 3.52. The third-order valence-electron chi connectivity index (χ3n) is 6.38. The minimum absolute atomic E-state index is 0.170. The molecule has 0 N–H and O–H groups in total. The minimum atomic E-state index is 0.170. The zero-order valence-electron chi connectivity index (χ0n) is 19.7. The molecule has 0 bridgehead atoms. The van der Waals surface area contributed by atoms with E-state index in [0.717, 1.165) is 82.0 Å². The van der Waals surface area contributed by atoms with Gasteiger partial charge in [-0.15, -0.1) is 0 Å². The van der Waals surface area contributed by atoms with Gasteiger partial charge in [-0.05, 0) is 38.7 Å². The normalized spacial score (nSPS) is 15.6. The van der Waals surface area contributed by atoms with Crippen LogP contribution < -0.4 is 4.90 Å². The Morgan fingerprint density at radius 3 is 2.52 bits per heavy atom. The number of hydrogen-bond donors (Lipinski definition) is 0. The van der Waals surface area contributed by atoms with Gasteiger partial charge < -0.3 is 9.80 Å². The van der Waals surface area contributed by atoms with Gasteiger partial charge in [0.05, 0.1) is 0 Å². The number of unbranched alkanes of at least 4 members (excludes halogenated alkanes) is 1. The summed E-state index contributed by atoms with van der Waals surface area (Å²) in [5, 5.41) is 0. The van der Waals surface area contributed by atoms with Gasteiger partial charge in [-0.25, -0.2) is 9.97 Å². The third-order valence-corrected chi connectivity index (χ3v) is 6.38. The zero-order chi connectivity index (χ0) is 22.2. The Balaban J connectivity index is 1.77. The van der Waals surface area contributed by atoms with Crippen molar-refractivity contribution in [3.8, 4) is 0 Å². The number of nitrogens with zero attached hydrogens (tertiary/aromatic N) is 4. The topological polar surface area (TPSA) is 49.3 Å². The molecule has 5 nitrogen and oxygen atoms in total. The molecule has 31 heavy (non-hydrogen) atoms. The van der Waals surface area contributed by atoms with Gasteiger partial charge in [0, 0.05) is 49.8 Å². The molecule has 2 heterocycles. The molecule has 0 saturated carbocycles. The number of benzene rings is 1. The van der Waals surface area contributed by atoms with Crippen LogP contribution >= 0.6 is 0 Å². The van der Waals surface area contributed by atoms with Crippen LogP contribution in [0.25, 0.3) is 0 Å². The lowest BCUT2D eigenvalue weighted by atomic mass is 9.97. The van der Waals surface area contributed by atoms with Crippen molar-refractivity contribution in [2.45, 2.75) is 66.2 Å². The van der Waals surface area contributed by atoms with Crippen LogP contribution in [0.3, 0.4) is 0 Å². The molecular weight excluding hydrogens is 384 g/mol. The van der Waals surface area contributed by atoms with Crippen molar-refractivity contribution in [3.05, 3.63) is 53.0 Å². The predicted octanol–water partition coefficient (Wildman–Crippen LogP) is 4.94.